The van der Waals surface area contributed by atoms with Gasteiger partial charge in [-0.05, 0) is 6.42 Å². The van der Waals surface area contributed by atoms with Crippen molar-refractivity contribution in [2.75, 3.05) is 20.7 Å². The Kier molecular flexibility index (Phi) is 29.9. The molecule has 0 heterocycles. The highest BCUT2D eigenvalue weighted by atomic mass is 16.6. The van der Waals surface area contributed by atoms with Crippen molar-refractivity contribution in [2.24, 2.45) is 0 Å². The van der Waals surface area contributed by atoms with Crippen molar-refractivity contribution < 1.29 is 9.53 Å². The molecule has 0 aliphatic carbocycles. The third-order valence-electron chi connectivity index (χ3n) is 7.59. The monoisotopic (exact) mass is 510 g/mol. The third kappa shape index (κ3) is 29.5. The number of amides is 1. The number of hydrogen-bond donors (Lipinski definition) is 0. The molecular formula is C33H67NO2. The van der Waals surface area contributed by atoms with Crippen LogP contribution in [0.3, 0.4) is 0 Å². The summed E-state index contributed by atoms with van der Waals surface area (Å²) in [5.41, 5.74) is 0. The van der Waals surface area contributed by atoms with Gasteiger partial charge in [0.25, 0.3) is 0 Å². The molecule has 0 aliphatic heterocycles. The summed E-state index contributed by atoms with van der Waals surface area (Å²) in [6, 6.07) is 0. The Morgan fingerprint density at radius 3 is 0.861 bits per heavy atom. The minimum Gasteiger partial charge on any atom is -0.449 e. The summed E-state index contributed by atoms with van der Waals surface area (Å²) < 4.78 is 5.15. The molecule has 0 bridgehead atoms. The average Bonchev–Trinajstić information content (AvgIpc) is 2.87. The SMILES string of the molecule is CCCCCCCCCCCCCCCCCCCCCCCCCCCCCCOC(=O)N(C)C. The topological polar surface area (TPSA) is 29.5 Å². The van der Waals surface area contributed by atoms with E-state index in [1.807, 2.05) is 0 Å². The molecule has 0 rings (SSSR count). The van der Waals surface area contributed by atoms with Crippen LogP contribution in [0.15, 0.2) is 0 Å². The summed E-state index contributed by atoms with van der Waals surface area (Å²) in [7, 11) is 3.45. The van der Waals surface area contributed by atoms with E-state index < -0.39 is 0 Å². The van der Waals surface area contributed by atoms with Gasteiger partial charge in [-0.1, -0.05) is 180 Å². The van der Waals surface area contributed by atoms with E-state index in [-0.39, 0.29) is 6.09 Å². The zero-order valence-corrected chi connectivity index (χ0v) is 25.3. The fourth-order valence-corrected chi connectivity index (χ4v) is 5.06. The molecule has 0 radical (unpaired) electrons. The zero-order chi connectivity index (χ0) is 26.4. The summed E-state index contributed by atoms with van der Waals surface area (Å²) in [5.74, 6) is 0. The van der Waals surface area contributed by atoms with E-state index in [2.05, 4.69) is 6.92 Å². The molecule has 0 aromatic carbocycles. The van der Waals surface area contributed by atoms with Gasteiger partial charge in [-0.15, -0.1) is 0 Å². The van der Waals surface area contributed by atoms with Gasteiger partial charge in [0, 0.05) is 14.1 Å². The molecule has 0 atom stereocenters. The summed E-state index contributed by atoms with van der Waals surface area (Å²) in [6.07, 6.45) is 39.4. The number of hydrogen-bond acceptors (Lipinski definition) is 2. The van der Waals surface area contributed by atoms with Crippen LogP contribution in [0.2, 0.25) is 0 Å². The highest BCUT2D eigenvalue weighted by Crippen LogP contribution is 2.16. The van der Waals surface area contributed by atoms with E-state index in [0.717, 1.165) is 6.42 Å². The molecule has 0 aromatic rings. The van der Waals surface area contributed by atoms with Crippen LogP contribution in [0.25, 0.3) is 0 Å². The molecule has 0 fully saturated rings. The third-order valence-corrected chi connectivity index (χ3v) is 7.59. The second-order valence-electron chi connectivity index (χ2n) is 11.6. The molecule has 216 valence electrons. The van der Waals surface area contributed by atoms with Gasteiger partial charge >= 0.3 is 6.09 Å². The Morgan fingerprint density at radius 2 is 0.639 bits per heavy atom. The lowest BCUT2D eigenvalue weighted by atomic mass is 10.0. The number of rotatable bonds is 29. The molecule has 0 spiro atoms. The van der Waals surface area contributed by atoms with Gasteiger partial charge in [0.05, 0.1) is 6.61 Å². The first-order valence-corrected chi connectivity index (χ1v) is 16.5. The number of nitrogens with zero attached hydrogens (tertiary/aromatic N) is 1. The van der Waals surface area contributed by atoms with Gasteiger partial charge < -0.3 is 9.64 Å². The predicted octanol–water partition coefficient (Wildman–Crippen LogP) is 11.6. The van der Waals surface area contributed by atoms with Crippen LogP contribution in [0.4, 0.5) is 4.79 Å². The maximum atomic E-state index is 11.3. The van der Waals surface area contributed by atoms with E-state index in [0.29, 0.717) is 6.61 Å². The molecular weight excluding hydrogens is 442 g/mol. The van der Waals surface area contributed by atoms with Crippen molar-refractivity contribution in [1.29, 1.82) is 0 Å². The fraction of sp³-hybridized carbons (Fsp3) is 0.970. The van der Waals surface area contributed by atoms with Gasteiger partial charge in [-0.3, -0.25) is 0 Å². The van der Waals surface area contributed by atoms with Crippen molar-refractivity contribution in [2.45, 2.75) is 187 Å². The van der Waals surface area contributed by atoms with E-state index in [4.69, 9.17) is 4.74 Å². The lowest BCUT2D eigenvalue weighted by molar-refractivity contribution is 0.116. The fourth-order valence-electron chi connectivity index (χ4n) is 5.06. The summed E-state index contributed by atoms with van der Waals surface area (Å²) in [4.78, 5) is 12.8. The van der Waals surface area contributed by atoms with Gasteiger partial charge in [0.1, 0.15) is 0 Å². The summed E-state index contributed by atoms with van der Waals surface area (Å²) in [5, 5.41) is 0. The van der Waals surface area contributed by atoms with Crippen molar-refractivity contribution >= 4 is 6.09 Å². The second-order valence-corrected chi connectivity index (χ2v) is 11.6. The molecule has 0 saturated heterocycles. The van der Waals surface area contributed by atoms with Gasteiger partial charge in [-0.2, -0.15) is 0 Å². The van der Waals surface area contributed by atoms with Crippen molar-refractivity contribution in [3.05, 3.63) is 0 Å². The smallest absolute Gasteiger partial charge is 0.409 e. The number of ether oxygens (including phenoxy) is 1. The Labute approximate surface area is 227 Å². The van der Waals surface area contributed by atoms with Crippen molar-refractivity contribution in [1.82, 2.24) is 4.90 Å². The van der Waals surface area contributed by atoms with Gasteiger partial charge in [0.15, 0.2) is 0 Å². The van der Waals surface area contributed by atoms with E-state index in [1.54, 1.807) is 14.1 Å². The number of carbonyl (C=O) groups is 1. The first kappa shape index (κ1) is 35.3. The Bertz CT molecular complexity index is 424. The molecule has 0 saturated carbocycles. The lowest BCUT2D eigenvalue weighted by Gasteiger charge is -2.10. The molecule has 0 unspecified atom stereocenters. The van der Waals surface area contributed by atoms with Crippen LogP contribution in [0.1, 0.15) is 187 Å². The first-order chi connectivity index (χ1) is 17.7. The predicted molar refractivity (Wildman–Crippen MR) is 160 cm³/mol. The van der Waals surface area contributed by atoms with Crippen molar-refractivity contribution in [3.8, 4) is 0 Å². The van der Waals surface area contributed by atoms with Crippen LogP contribution in [-0.4, -0.2) is 31.7 Å². The molecule has 3 heteroatoms. The van der Waals surface area contributed by atoms with Crippen LogP contribution in [0, 0.1) is 0 Å². The average molecular weight is 510 g/mol. The zero-order valence-electron chi connectivity index (χ0n) is 25.3. The normalized spacial score (nSPS) is 11.2. The molecule has 0 N–H and O–H groups in total. The van der Waals surface area contributed by atoms with Crippen molar-refractivity contribution in [3.63, 3.8) is 0 Å². The molecule has 1 amide bonds. The van der Waals surface area contributed by atoms with Gasteiger partial charge in [0.2, 0.25) is 0 Å². The van der Waals surface area contributed by atoms with Crippen LogP contribution in [0.5, 0.6) is 0 Å². The second kappa shape index (κ2) is 30.5. The molecule has 0 aliphatic rings. The maximum absolute atomic E-state index is 11.3. The van der Waals surface area contributed by atoms with Crippen LogP contribution >= 0.6 is 0 Å². The first-order valence-electron chi connectivity index (χ1n) is 16.5. The van der Waals surface area contributed by atoms with Crippen LogP contribution < -0.4 is 0 Å². The minimum atomic E-state index is -0.222. The molecule has 36 heavy (non-hydrogen) atoms. The molecule has 0 aromatic heterocycles. The standard InChI is InChI=1S/C33H67NO2/c1-4-5-6-7-8-9-10-11-12-13-14-15-16-17-18-19-20-21-22-23-24-25-26-27-28-29-30-31-32-36-33(35)34(2)3/h4-32H2,1-3H3. The lowest BCUT2D eigenvalue weighted by Crippen LogP contribution is -2.23. The van der Waals surface area contributed by atoms with E-state index in [1.165, 1.54) is 178 Å². The largest absolute Gasteiger partial charge is 0.449 e. The highest BCUT2D eigenvalue weighted by Gasteiger charge is 2.03. The van der Waals surface area contributed by atoms with Crippen LogP contribution in [-0.2, 0) is 4.74 Å². The Hall–Kier alpha value is -0.730. The number of carbonyl (C=O) groups excluding carboxylic acids is 1. The highest BCUT2D eigenvalue weighted by molar-refractivity contribution is 5.66. The molecule has 3 nitrogen and oxygen atoms in total. The minimum absolute atomic E-state index is 0.222. The van der Waals surface area contributed by atoms with E-state index in [9.17, 15) is 4.79 Å². The number of unbranched alkanes of at least 4 members (excludes halogenated alkanes) is 27. The van der Waals surface area contributed by atoms with E-state index >= 15 is 0 Å². The maximum Gasteiger partial charge on any atom is 0.409 e. The Morgan fingerprint density at radius 1 is 0.417 bits per heavy atom. The quantitative estimate of drug-likeness (QED) is 0.0938. The van der Waals surface area contributed by atoms with Gasteiger partial charge in [-0.25, -0.2) is 4.79 Å². The Balaban J connectivity index is 3.05. The summed E-state index contributed by atoms with van der Waals surface area (Å²) >= 11 is 0. The summed E-state index contributed by atoms with van der Waals surface area (Å²) in [6.45, 7) is 2.87.